The summed E-state index contributed by atoms with van der Waals surface area (Å²) in [7, 11) is 0. The van der Waals surface area contributed by atoms with E-state index in [9.17, 15) is 9.59 Å². The van der Waals surface area contributed by atoms with Gasteiger partial charge in [-0.2, -0.15) is 0 Å². The topological polar surface area (TPSA) is 58.2 Å². The van der Waals surface area contributed by atoms with Crippen LogP contribution in [0.4, 0.5) is 11.4 Å². The minimum Gasteiger partial charge on any atom is -0.326 e. The Morgan fingerprint density at radius 1 is 0.909 bits per heavy atom. The van der Waals surface area contributed by atoms with E-state index in [1.54, 1.807) is 42.5 Å². The van der Waals surface area contributed by atoms with Crippen molar-refractivity contribution in [2.45, 2.75) is 6.92 Å². The number of amides is 2. The molecule has 0 heterocycles. The van der Waals surface area contributed by atoms with Gasteiger partial charge in [-0.15, -0.1) is 0 Å². The Hall–Kier alpha value is -2.59. The molecule has 0 spiro atoms. The molecule has 0 unspecified atom stereocenters. The first-order valence-corrected chi connectivity index (χ1v) is 7.03. The average molecular weight is 315 g/mol. The molecule has 2 rings (SSSR count). The molecule has 0 aliphatic heterocycles. The largest absolute Gasteiger partial charge is 0.326 e. The zero-order valence-corrected chi connectivity index (χ0v) is 12.7. The van der Waals surface area contributed by atoms with E-state index >= 15 is 0 Å². The maximum absolute atomic E-state index is 11.8. The van der Waals surface area contributed by atoms with E-state index in [1.165, 1.54) is 13.0 Å². The summed E-state index contributed by atoms with van der Waals surface area (Å²) in [6.07, 6.45) is 3.14. The van der Waals surface area contributed by atoms with E-state index in [2.05, 4.69) is 10.6 Å². The Kier molecular flexibility index (Phi) is 5.33. The van der Waals surface area contributed by atoms with Gasteiger partial charge in [-0.3, -0.25) is 9.59 Å². The Morgan fingerprint density at radius 2 is 1.45 bits per heavy atom. The van der Waals surface area contributed by atoms with Gasteiger partial charge in [0.1, 0.15) is 0 Å². The first kappa shape index (κ1) is 15.8. The molecular formula is C17H15ClN2O2. The molecule has 0 aromatic heterocycles. The molecule has 2 aromatic carbocycles. The van der Waals surface area contributed by atoms with Gasteiger partial charge in [0, 0.05) is 29.4 Å². The quantitative estimate of drug-likeness (QED) is 0.839. The number of rotatable bonds is 4. The van der Waals surface area contributed by atoms with Gasteiger partial charge in [0.15, 0.2) is 0 Å². The van der Waals surface area contributed by atoms with Gasteiger partial charge in [-0.1, -0.05) is 23.7 Å². The number of carbonyl (C=O) groups excluding carboxylic acids is 2. The normalized spacial score (nSPS) is 10.5. The SMILES string of the molecule is CC(=O)Nc1ccc(/C=C/C(=O)Nc2ccc(Cl)cc2)cc1. The van der Waals surface area contributed by atoms with Crippen LogP contribution in [0.1, 0.15) is 12.5 Å². The average Bonchev–Trinajstić information content (AvgIpc) is 2.48. The lowest BCUT2D eigenvalue weighted by atomic mass is 10.2. The smallest absolute Gasteiger partial charge is 0.248 e. The van der Waals surface area contributed by atoms with Gasteiger partial charge >= 0.3 is 0 Å². The Labute approximate surface area is 133 Å². The summed E-state index contributed by atoms with van der Waals surface area (Å²) in [6.45, 7) is 1.45. The van der Waals surface area contributed by atoms with Crippen molar-refractivity contribution in [3.8, 4) is 0 Å². The van der Waals surface area contributed by atoms with Crippen molar-refractivity contribution in [2.24, 2.45) is 0 Å². The van der Waals surface area contributed by atoms with Crippen molar-refractivity contribution in [3.05, 3.63) is 65.2 Å². The molecular weight excluding hydrogens is 300 g/mol. The van der Waals surface area contributed by atoms with Gasteiger partial charge in [-0.25, -0.2) is 0 Å². The first-order valence-electron chi connectivity index (χ1n) is 6.65. The fourth-order valence-electron chi connectivity index (χ4n) is 1.77. The van der Waals surface area contributed by atoms with E-state index in [4.69, 9.17) is 11.6 Å². The monoisotopic (exact) mass is 314 g/mol. The maximum atomic E-state index is 11.8. The van der Waals surface area contributed by atoms with Crippen LogP contribution in [-0.2, 0) is 9.59 Å². The summed E-state index contributed by atoms with van der Waals surface area (Å²) in [5.41, 5.74) is 2.26. The van der Waals surface area contributed by atoms with Crippen LogP contribution in [0, 0.1) is 0 Å². The van der Waals surface area contributed by atoms with Crippen LogP contribution in [0.25, 0.3) is 6.08 Å². The Bertz CT molecular complexity index is 692. The van der Waals surface area contributed by atoms with Gasteiger partial charge in [0.2, 0.25) is 11.8 Å². The predicted molar refractivity (Wildman–Crippen MR) is 89.9 cm³/mol. The molecule has 0 saturated heterocycles. The minimum absolute atomic E-state index is 0.120. The number of hydrogen-bond donors (Lipinski definition) is 2. The molecule has 2 aromatic rings. The molecule has 22 heavy (non-hydrogen) atoms. The maximum Gasteiger partial charge on any atom is 0.248 e. The summed E-state index contributed by atoms with van der Waals surface area (Å²) >= 11 is 5.78. The highest BCUT2D eigenvalue weighted by Gasteiger charge is 1.98. The molecule has 2 amide bonds. The van der Waals surface area contributed by atoms with Crippen LogP contribution >= 0.6 is 11.6 Å². The van der Waals surface area contributed by atoms with Crippen LogP contribution < -0.4 is 10.6 Å². The van der Waals surface area contributed by atoms with Crippen LogP contribution in [0.2, 0.25) is 5.02 Å². The minimum atomic E-state index is -0.228. The van der Waals surface area contributed by atoms with Crippen molar-refractivity contribution in [3.63, 3.8) is 0 Å². The summed E-state index contributed by atoms with van der Waals surface area (Å²) in [5.74, 6) is -0.348. The van der Waals surface area contributed by atoms with Crippen molar-refractivity contribution in [2.75, 3.05) is 10.6 Å². The van der Waals surface area contributed by atoms with Crippen LogP contribution in [0.15, 0.2) is 54.6 Å². The Balaban J connectivity index is 1.94. The van der Waals surface area contributed by atoms with Gasteiger partial charge in [0.25, 0.3) is 0 Å². The summed E-state index contributed by atoms with van der Waals surface area (Å²) in [5, 5.41) is 6.03. The number of benzene rings is 2. The fraction of sp³-hybridized carbons (Fsp3) is 0.0588. The number of anilines is 2. The van der Waals surface area contributed by atoms with Crippen molar-refractivity contribution in [1.82, 2.24) is 0 Å². The molecule has 2 N–H and O–H groups in total. The number of nitrogens with one attached hydrogen (secondary N) is 2. The number of carbonyl (C=O) groups is 2. The molecule has 0 aliphatic rings. The second-order valence-corrected chi connectivity index (χ2v) is 5.07. The molecule has 0 atom stereocenters. The van der Waals surface area contributed by atoms with Crippen LogP contribution in [-0.4, -0.2) is 11.8 Å². The Morgan fingerprint density at radius 3 is 2.05 bits per heavy atom. The zero-order chi connectivity index (χ0) is 15.9. The first-order chi connectivity index (χ1) is 10.5. The highest BCUT2D eigenvalue weighted by molar-refractivity contribution is 6.30. The van der Waals surface area contributed by atoms with Crippen LogP contribution in [0.5, 0.6) is 0 Å². The van der Waals surface area contributed by atoms with E-state index in [0.29, 0.717) is 10.7 Å². The van der Waals surface area contributed by atoms with E-state index in [0.717, 1.165) is 11.3 Å². The highest BCUT2D eigenvalue weighted by atomic mass is 35.5. The van der Waals surface area contributed by atoms with E-state index in [1.807, 2.05) is 12.1 Å². The van der Waals surface area contributed by atoms with E-state index < -0.39 is 0 Å². The van der Waals surface area contributed by atoms with Crippen LogP contribution in [0.3, 0.4) is 0 Å². The van der Waals surface area contributed by atoms with Gasteiger partial charge < -0.3 is 10.6 Å². The highest BCUT2D eigenvalue weighted by Crippen LogP contribution is 2.14. The number of halogens is 1. The molecule has 4 nitrogen and oxygen atoms in total. The van der Waals surface area contributed by atoms with Crippen molar-refractivity contribution < 1.29 is 9.59 Å². The summed E-state index contributed by atoms with van der Waals surface area (Å²) in [4.78, 5) is 22.7. The van der Waals surface area contributed by atoms with Crippen molar-refractivity contribution in [1.29, 1.82) is 0 Å². The van der Waals surface area contributed by atoms with Gasteiger partial charge in [0.05, 0.1) is 0 Å². The zero-order valence-electron chi connectivity index (χ0n) is 12.0. The van der Waals surface area contributed by atoms with Gasteiger partial charge in [-0.05, 0) is 48.0 Å². The fourth-order valence-corrected chi connectivity index (χ4v) is 1.90. The van der Waals surface area contributed by atoms with E-state index in [-0.39, 0.29) is 11.8 Å². The third-order valence-corrected chi connectivity index (χ3v) is 3.02. The molecule has 0 bridgehead atoms. The third-order valence-electron chi connectivity index (χ3n) is 2.77. The second kappa shape index (κ2) is 7.43. The third kappa shape index (κ3) is 5.07. The molecule has 112 valence electrons. The molecule has 0 radical (unpaired) electrons. The lowest BCUT2D eigenvalue weighted by Gasteiger charge is -2.03. The number of hydrogen-bond acceptors (Lipinski definition) is 2. The molecule has 0 aliphatic carbocycles. The molecule has 0 fully saturated rings. The van der Waals surface area contributed by atoms with Crippen molar-refractivity contribution >= 4 is 40.9 Å². The molecule has 5 heteroatoms. The lowest BCUT2D eigenvalue weighted by Crippen LogP contribution is -2.07. The standard InChI is InChI=1S/C17H15ClN2O2/c1-12(21)19-15-7-2-13(3-8-15)4-11-17(22)20-16-9-5-14(18)6-10-16/h2-11H,1H3,(H,19,21)(H,20,22)/b11-4+. The molecule has 0 saturated carbocycles. The summed E-state index contributed by atoms with van der Waals surface area (Å²) in [6, 6.07) is 14.1. The lowest BCUT2D eigenvalue weighted by molar-refractivity contribution is -0.114. The predicted octanol–water partition coefficient (Wildman–Crippen LogP) is 3.95. The summed E-state index contributed by atoms with van der Waals surface area (Å²) < 4.78 is 0. The second-order valence-electron chi connectivity index (χ2n) is 4.63.